The van der Waals surface area contributed by atoms with E-state index in [1.54, 1.807) is 24.3 Å². The van der Waals surface area contributed by atoms with Crippen molar-refractivity contribution in [3.63, 3.8) is 0 Å². The van der Waals surface area contributed by atoms with Crippen LogP contribution in [0, 0.1) is 0 Å². The lowest BCUT2D eigenvalue weighted by Gasteiger charge is -2.26. The van der Waals surface area contributed by atoms with E-state index in [4.69, 9.17) is 11.6 Å². The van der Waals surface area contributed by atoms with E-state index in [0.717, 1.165) is 35.4 Å². The zero-order valence-corrected chi connectivity index (χ0v) is 18.9. The molecule has 2 aliphatic heterocycles. The van der Waals surface area contributed by atoms with Gasteiger partial charge in [0, 0.05) is 12.6 Å². The summed E-state index contributed by atoms with van der Waals surface area (Å²) in [5.74, 6) is -1.76. The van der Waals surface area contributed by atoms with Gasteiger partial charge in [-0.1, -0.05) is 41.9 Å². The van der Waals surface area contributed by atoms with Gasteiger partial charge >= 0.3 is 0 Å². The summed E-state index contributed by atoms with van der Waals surface area (Å²) in [4.78, 5) is 26.3. The maximum absolute atomic E-state index is 13.7. The first-order valence-electron chi connectivity index (χ1n) is 10.4. The highest BCUT2D eigenvalue weighted by Gasteiger charge is 2.39. The van der Waals surface area contributed by atoms with Crippen molar-refractivity contribution in [3.8, 4) is 5.75 Å². The van der Waals surface area contributed by atoms with Crippen molar-refractivity contribution in [1.82, 2.24) is 0 Å². The lowest BCUT2D eigenvalue weighted by molar-refractivity contribution is 0.0926. The first-order chi connectivity index (χ1) is 15.8. The molecule has 0 fully saturated rings. The molecule has 33 heavy (non-hydrogen) atoms. The molecule has 1 N–H and O–H groups in total. The average Bonchev–Trinajstić information content (AvgIpc) is 2.94. The normalized spacial score (nSPS) is 15.9. The van der Waals surface area contributed by atoms with E-state index in [0.29, 0.717) is 12.1 Å². The second-order valence-electron chi connectivity index (χ2n) is 7.93. The Bertz CT molecular complexity index is 1390. The Hall–Kier alpha value is -3.36. The van der Waals surface area contributed by atoms with E-state index in [1.807, 2.05) is 12.1 Å². The topological polar surface area (TPSA) is 95.0 Å². The second kappa shape index (κ2) is 7.90. The van der Waals surface area contributed by atoms with E-state index < -0.39 is 32.5 Å². The number of sulfonamides is 1. The van der Waals surface area contributed by atoms with Gasteiger partial charge in [0.15, 0.2) is 0 Å². The van der Waals surface area contributed by atoms with Crippen molar-refractivity contribution < 1.29 is 23.1 Å². The van der Waals surface area contributed by atoms with Gasteiger partial charge in [-0.05, 0) is 49.1 Å². The molecule has 3 aromatic carbocycles. The van der Waals surface area contributed by atoms with Crippen molar-refractivity contribution in [1.29, 1.82) is 0 Å². The number of benzene rings is 3. The van der Waals surface area contributed by atoms with Crippen molar-refractivity contribution in [3.05, 3.63) is 82.4 Å². The molecule has 5 rings (SSSR count). The Labute approximate surface area is 195 Å². The molecule has 0 aliphatic carbocycles. The maximum Gasteiger partial charge on any atom is 0.268 e. The van der Waals surface area contributed by atoms with Crippen LogP contribution < -0.4 is 9.21 Å². The summed E-state index contributed by atoms with van der Waals surface area (Å²) in [6.45, 7) is 0.240. The molecule has 0 spiro atoms. The maximum atomic E-state index is 13.7. The fourth-order valence-electron chi connectivity index (χ4n) is 4.34. The molecule has 2 heterocycles. The monoisotopic (exact) mass is 482 g/mol. The van der Waals surface area contributed by atoms with E-state index in [1.165, 1.54) is 16.4 Å². The predicted molar refractivity (Wildman–Crippen MR) is 125 cm³/mol. The third kappa shape index (κ3) is 3.37. The Kier molecular flexibility index (Phi) is 5.14. The second-order valence-corrected chi connectivity index (χ2v) is 10.2. The number of halogens is 1. The first-order valence-corrected chi connectivity index (χ1v) is 12.2. The molecule has 0 saturated heterocycles. The minimum Gasteiger partial charge on any atom is -0.506 e. The Balaban J connectivity index is 1.64. The number of anilines is 2. The van der Waals surface area contributed by atoms with Gasteiger partial charge in [-0.25, -0.2) is 13.3 Å². The standard InChI is InChI=1S/C24H19ClN2O5S/c25-18-13-21(28)22(14-20(18)27-23(29)16-9-2-3-10-17(16)24(27)30)33(31,32)26-12-6-5-8-15-7-1-4-11-19(15)26/h1-4,7,9-11,13-14,28H,5-6,8,12H2. The van der Waals surface area contributed by atoms with Gasteiger partial charge in [0.25, 0.3) is 21.8 Å². The number of hydrogen-bond donors (Lipinski definition) is 1. The summed E-state index contributed by atoms with van der Waals surface area (Å²) < 4.78 is 28.7. The summed E-state index contributed by atoms with van der Waals surface area (Å²) in [6, 6.07) is 15.7. The van der Waals surface area contributed by atoms with Crippen LogP contribution in [0.25, 0.3) is 0 Å². The number of fused-ring (bicyclic) bond motifs is 2. The Morgan fingerprint density at radius 1 is 0.848 bits per heavy atom. The lowest BCUT2D eigenvalue weighted by Crippen LogP contribution is -2.33. The summed E-state index contributed by atoms with van der Waals surface area (Å²) in [7, 11) is -4.23. The molecule has 2 amide bonds. The first kappa shape index (κ1) is 21.5. The summed E-state index contributed by atoms with van der Waals surface area (Å²) >= 11 is 6.28. The number of carbonyl (C=O) groups is 2. The number of imide groups is 1. The van der Waals surface area contributed by atoms with Crippen molar-refractivity contribution in [2.24, 2.45) is 0 Å². The van der Waals surface area contributed by atoms with Gasteiger partial charge < -0.3 is 5.11 Å². The molecule has 168 valence electrons. The molecule has 0 unspecified atom stereocenters. The van der Waals surface area contributed by atoms with Crippen LogP contribution in [0.15, 0.2) is 65.6 Å². The molecule has 0 aromatic heterocycles. The fraction of sp³-hybridized carbons (Fsp3) is 0.167. The number of aryl methyl sites for hydroxylation is 1. The van der Waals surface area contributed by atoms with Crippen molar-refractivity contribution >= 4 is 44.8 Å². The number of aromatic hydroxyl groups is 1. The molecule has 2 aliphatic rings. The molecule has 0 saturated carbocycles. The van der Waals surface area contributed by atoms with Crippen LogP contribution in [-0.4, -0.2) is 31.9 Å². The van der Waals surface area contributed by atoms with E-state index in [9.17, 15) is 23.1 Å². The smallest absolute Gasteiger partial charge is 0.268 e. The van der Waals surface area contributed by atoms with Crippen LogP contribution in [0.1, 0.15) is 39.1 Å². The van der Waals surface area contributed by atoms with Crippen LogP contribution in [-0.2, 0) is 16.4 Å². The molecule has 3 aromatic rings. The van der Waals surface area contributed by atoms with Crippen LogP contribution >= 0.6 is 11.6 Å². The zero-order chi connectivity index (χ0) is 23.3. The largest absolute Gasteiger partial charge is 0.506 e. The molecular formula is C24H19ClN2O5S. The predicted octanol–water partition coefficient (Wildman–Crippen LogP) is 4.38. The van der Waals surface area contributed by atoms with Gasteiger partial charge in [0.05, 0.1) is 27.5 Å². The Morgan fingerprint density at radius 3 is 2.18 bits per heavy atom. The number of hydrogen-bond acceptors (Lipinski definition) is 5. The zero-order valence-electron chi connectivity index (χ0n) is 17.4. The average molecular weight is 483 g/mol. The third-order valence-corrected chi connectivity index (χ3v) is 8.09. The van der Waals surface area contributed by atoms with E-state index >= 15 is 0 Å². The van der Waals surface area contributed by atoms with E-state index in [2.05, 4.69) is 0 Å². The minimum absolute atomic E-state index is 0.0950. The number of phenolic OH excluding ortho intramolecular Hbond substituents is 1. The minimum atomic E-state index is -4.23. The highest BCUT2D eigenvalue weighted by Crippen LogP contribution is 2.41. The van der Waals surface area contributed by atoms with Crippen molar-refractivity contribution in [2.75, 3.05) is 15.7 Å². The number of amides is 2. The molecule has 7 nitrogen and oxygen atoms in total. The SMILES string of the molecule is O=C1c2ccccc2C(=O)N1c1cc(S(=O)(=O)N2CCCCc3ccccc32)c(O)cc1Cl. The van der Waals surface area contributed by atoms with Gasteiger partial charge in [0.1, 0.15) is 10.6 Å². The number of carbonyl (C=O) groups excluding carboxylic acids is 2. The van der Waals surface area contributed by atoms with Crippen LogP contribution in [0.5, 0.6) is 5.75 Å². The van der Waals surface area contributed by atoms with Crippen molar-refractivity contribution in [2.45, 2.75) is 24.2 Å². The number of nitrogens with zero attached hydrogens (tertiary/aromatic N) is 2. The lowest BCUT2D eigenvalue weighted by atomic mass is 10.1. The van der Waals surface area contributed by atoms with Crippen LogP contribution in [0.3, 0.4) is 0 Å². The molecule has 0 radical (unpaired) electrons. The van der Waals surface area contributed by atoms with Gasteiger partial charge in [-0.15, -0.1) is 0 Å². The molecule has 0 atom stereocenters. The number of para-hydroxylation sites is 1. The quantitative estimate of drug-likeness (QED) is 0.559. The fourth-order valence-corrected chi connectivity index (χ4v) is 6.21. The summed E-state index contributed by atoms with van der Waals surface area (Å²) in [5, 5.41) is 10.5. The van der Waals surface area contributed by atoms with Crippen LogP contribution in [0.2, 0.25) is 5.02 Å². The highest BCUT2D eigenvalue weighted by atomic mass is 35.5. The number of phenols is 1. The van der Waals surface area contributed by atoms with E-state index in [-0.39, 0.29) is 28.4 Å². The number of rotatable bonds is 3. The molecule has 9 heteroatoms. The van der Waals surface area contributed by atoms with Crippen LogP contribution in [0.4, 0.5) is 11.4 Å². The Morgan fingerprint density at radius 2 is 1.48 bits per heavy atom. The molecule has 0 bridgehead atoms. The summed E-state index contributed by atoms with van der Waals surface area (Å²) in [5.41, 5.74) is 1.76. The van der Waals surface area contributed by atoms with Gasteiger partial charge in [-0.3, -0.25) is 13.9 Å². The third-order valence-electron chi connectivity index (χ3n) is 5.95. The van der Waals surface area contributed by atoms with Gasteiger partial charge in [0.2, 0.25) is 0 Å². The molecular weight excluding hydrogens is 464 g/mol. The summed E-state index contributed by atoms with van der Waals surface area (Å²) in [6.07, 6.45) is 2.22. The van der Waals surface area contributed by atoms with Gasteiger partial charge in [-0.2, -0.15) is 0 Å². The highest BCUT2D eigenvalue weighted by molar-refractivity contribution is 7.93.